The summed E-state index contributed by atoms with van der Waals surface area (Å²) in [5.74, 6) is 0.905. The van der Waals surface area contributed by atoms with Crippen LogP contribution in [-0.4, -0.2) is 29.1 Å². The Morgan fingerprint density at radius 2 is 2.10 bits per heavy atom. The summed E-state index contributed by atoms with van der Waals surface area (Å²) >= 11 is 1.61. The largest absolute Gasteiger partial charge is 0.427 e. The summed E-state index contributed by atoms with van der Waals surface area (Å²) in [5.41, 5.74) is 1.99. The van der Waals surface area contributed by atoms with Gasteiger partial charge in [0.15, 0.2) is 0 Å². The summed E-state index contributed by atoms with van der Waals surface area (Å²) in [6.07, 6.45) is 0.348. The van der Waals surface area contributed by atoms with Gasteiger partial charge in [-0.3, -0.25) is 9.59 Å². The lowest BCUT2D eigenvalue weighted by Crippen LogP contribution is -2.29. The van der Waals surface area contributed by atoms with E-state index in [9.17, 15) is 9.59 Å². The maximum absolute atomic E-state index is 11.9. The van der Waals surface area contributed by atoms with Crippen molar-refractivity contribution in [2.24, 2.45) is 0 Å². The van der Waals surface area contributed by atoms with Crippen molar-refractivity contribution in [1.82, 2.24) is 4.90 Å². The Kier molecular flexibility index (Phi) is 5.07. The number of esters is 1. The molecule has 1 aromatic carbocycles. The van der Waals surface area contributed by atoms with Gasteiger partial charge in [-0.2, -0.15) is 0 Å². The summed E-state index contributed by atoms with van der Waals surface area (Å²) in [7, 11) is 0. The normalized spacial score (nSPS) is 17.9. The number of carbonyl (C=O) groups is 2. The number of nitrogens with zero attached hydrogens (tertiary/aromatic N) is 1. The molecule has 1 saturated heterocycles. The second-order valence-corrected chi connectivity index (χ2v) is 6.11. The Balaban J connectivity index is 2.12. The van der Waals surface area contributed by atoms with E-state index in [1.165, 1.54) is 0 Å². The molecule has 0 bridgehead atoms. The molecule has 4 nitrogen and oxygen atoms in total. The molecule has 0 saturated carbocycles. The van der Waals surface area contributed by atoms with E-state index in [4.69, 9.17) is 4.74 Å². The molecule has 1 aliphatic heterocycles. The maximum atomic E-state index is 11.9. The summed E-state index contributed by atoms with van der Waals surface area (Å²) in [4.78, 5) is 25.0. The van der Waals surface area contributed by atoms with Crippen molar-refractivity contribution in [3.05, 3.63) is 42.0 Å². The molecule has 0 radical (unpaired) electrons. The second-order valence-electron chi connectivity index (χ2n) is 5.04. The molecule has 0 spiro atoms. The van der Waals surface area contributed by atoms with Crippen LogP contribution in [0.15, 0.2) is 36.4 Å². The van der Waals surface area contributed by atoms with Crippen molar-refractivity contribution < 1.29 is 14.3 Å². The monoisotopic (exact) mass is 305 g/mol. The Labute approximate surface area is 129 Å². The van der Waals surface area contributed by atoms with E-state index in [0.29, 0.717) is 24.5 Å². The predicted octanol–water partition coefficient (Wildman–Crippen LogP) is 3.15. The van der Waals surface area contributed by atoms with E-state index in [0.717, 1.165) is 11.1 Å². The van der Waals surface area contributed by atoms with Gasteiger partial charge in [-0.25, -0.2) is 0 Å². The van der Waals surface area contributed by atoms with E-state index in [2.05, 4.69) is 6.58 Å². The van der Waals surface area contributed by atoms with Gasteiger partial charge in [0, 0.05) is 13.0 Å². The van der Waals surface area contributed by atoms with Crippen LogP contribution in [0.3, 0.4) is 0 Å². The highest BCUT2D eigenvalue weighted by atomic mass is 32.2. The average Bonchev–Trinajstić information content (AvgIpc) is 2.80. The summed E-state index contributed by atoms with van der Waals surface area (Å²) in [5, 5.41) is 0.00475. The van der Waals surface area contributed by atoms with Gasteiger partial charge >= 0.3 is 5.97 Å². The van der Waals surface area contributed by atoms with Gasteiger partial charge in [0.25, 0.3) is 0 Å². The highest BCUT2D eigenvalue weighted by molar-refractivity contribution is 8.00. The molecule has 1 amide bonds. The Hall–Kier alpha value is -1.75. The van der Waals surface area contributed by atoms with Gasteiger partial charge in [-0.05, 0) is 24.6 Å². The first kappa shape index (κ1) is 15.6. The molecular formula is C16H19NO3S. The zero-order valence-electron chi connectivity index (χ0n) is 12.3. The second kappa shape index (κ2) is 6.80. The Bertz CT molecular complexity index is 553. The predicted molar refractivity (Wildman–Crippen MR) is 84.1 cm³/mol. The lowest BCUT2D eigenvalue weighted by Gasteiger charge is -2.24. The Morgan fingerprint density at radius 3 is 2.67 bits per heavy atom. The molecule has 1 unspecified atom stereocenters. The molecule has 1 aliphatic rings. The quantitative estimate of drug-likeness (QED) is 0.476. The molecule has 1 fully saturated rings. The maximum Gasteiger partial charge on any atom is 0.310 e. The minimum Gasteiger partial charge on any atom is -0.427 e. The molecule has 0 N–H and O–H groups in total. The molecule has 21 heavy (non-hydrogen) atoms. The first-order chi connectivity index (χ1) is 10.0. The molecule has 5 heteroatoms. The number of hydrogen-bond donors (Lipinski definition) is 0. The lowest BCUT2D eigenvalue weighted by atomic mass is 10.2. The van der Waals surface area contributed by atoms with Crippen LogP contribution in [0.25, 0.3) is 0 Å². The van der Waals surface area contributed by atoms with E-state index in [-0.39, 0.29) is 17.3 Å². The fourth-order valence-corrected chi connectivity index (χ4v) is 3.28. The molecule has 112 valence electrons. The van der Waals surface area contributed by atoms with Crippen molar-refractivity contribution in [1.29, 1.82) is 0 Å². The summed E-state index contributed by atoms with van der Waals surface area (Å²) in [6.45, 7) is 8.12. The van der Waals surface area contributed by atoms with Gasteiger partial charge in [-0.1, -0.05) is 31.2 Å². The number of ether oxygens (including phenoxy) is 1. The number of amides is 1. The van der Waals surface area contributed by atoms with Gasteiger partial charge < -0.3 is 9.64 Å². The smallest absolute Gasteiger partial charge is 0.310 e. The third-order valence-electron chi connectivity index (χ3n) is 3.09. The highest BCUT2D eigenvalue weighted by Gasteiger charge is 2.32. The van der Waals surface area contributed by atoms with Crippen LogP contribution in [0, 0.1) is 0 Å². The van der Waals surface area contributed by atoms with E-state index < -0.39 is 0 Å². The zero-order valence-corrected chi connectivity index (χ0v) is 13.1. The van der Waals surface area contributed by atoms with Crippen LogP contribution in [-0.2, 0) is 9.59 Å². The molecule has 1 atom stereocenters. The minimum absolute atomic E-state index is 0.00475. The molecule has 2 rings (SSSR count). The van der Waals surface area contributed by atoms with Crippen LogP contribution in [0.1, 0.15) is 31.2 Å². The SMILES string of the molecule is C=C(C)CN1C(=O)CSC1c1ccc(OC(=O)CC)cc1. The van der Waals surface area contributed by atoms with Gasteiger partial charge in [0.1, 0.15) is 11.1 Å². The van der Waals surface area contributed by atoms with Crippen molar-refractivity contribution >= 4 is 23.6 Å². The Morgan fingerprint density at radius 1 is 1.43 bits per heavy atom. The van der Waals surface area contributed by atoms with Crippen LogP contribution < -0.4 is 4.74 Å². The molecule has 1 aromatic rings. The first-order valence-corrected chi connectivity index (χ1v) is 7.92. The van der Waals surface area contributed by atoms with E-state index in [1.807, 2.05) is 24.0 Å². The average molecular weight is 305 g/mol. The fourth-order valence-electron chi connectivity index (χ4n) is 2.10. The van der Waals surface area contributed by atoms with Crippen LogP contribution in [0.4, 0.5) is 0 Å². The minimum atomic E-state index is -0.253. The molecular weight excluding hydrogens is 286 g/mol. The van der Waals surface area contributed by atoms with Crippen molar-refractivity contribution in [2.45, 2.75) is 25.6 Å². The summed E-state index contributed by atoms with van der Waals surface area (Å²) in [6, 6.07) is 7.34. The topological polar surface area (TPSA) is 46.6 Å². The number of carbonyl (C=O) groups excluding carboxylic acids is 2. The fraction of sp³-hybridized carbons (Fsp3) is 0.375. The number of hydrogen-bond acceptors (Lipinski definition) is 4. The van der Waals surface area contributed by atoms with Crippen molar-refractivity contribution in [2.75, 3.05) is 12.3 Å². The highest BCUT2D eigenvalue weighted by Crippen LogP contribution is 2.39. The molecule has 0 aromatic heterocycles. The van der Waals surface area contributed by atoms with Crippen LogP contribution in [0.2, 0.25) is 0 Å². The standard InChI is InChI=1S/C16H19NO3S/c1-4-15(19)20-13-7-5-12(6-8-13)16-17(9-11(2)3)14(18)10-21-16/h5-8,16H,2,4,9-10H2,1,3H3. The van der Waals surface area contributed by atoms with Crippen molar-refractivity contribution in [3.63, 3.8) is 0 Å². The molecule has 0 aliphatic carbocycles. The third kappa shape index (κ3) is 3.88. The van der Waals surface area contributed by atoms with Crippen LogP contribution >= 0.6 is 11.8 Å². The number of benzene rings is 1. The van der Waals surface area contributed by atoms with E-state index in [1.54, 1.807) is 30.8 Å². The summed E-state index contributed by atoms with van der Waals surface area (Å²) < 4.78 is 5.15. The number of rotatable bonds is 5. The van der Waals surface area contributed by atoms with Crippen LogP contribution in [0.5, 0.6) is 5.75 Å². The zero-order chi connectivity index (χ0) is 15.4. The van der Waals surface area contributed by atoms with Gasteiger partial charge in [0.2, 0.25) is 5.91 Å². The van der Waals surface area contributed by atoms with E-state index >= 15 is 0 Å². The van der Waals surface area contributed by atoms with Crippen molar-refractivity contribution in [3.8, 4) is 5.75 Å². The molecule has 1 heterocycles. The first-order valence-electron chi connectivity index (χ1n) is 6.87. The van der Waals surface area contributed by atoms with Gasteiger partial charge in [0.05, 0.1) is 5.75 Å². The third-order valence-corrected chi connectivity index (χ3v) is 4.35. The lowest BCUT2D eigenvalue weighted by molar-refractivity contribution is -0.134. The number of thioether (sulfide) groups is 1. The van der Waals surface area contributed by atoms with Gasteiger partial charge in [-0.15, -0.1) is 11.8 Å².